The number of aryl methyl sites for hydroxylation is 1. The van der Waals surface area contributed by atoms with E-state index in [1.54, 1.807) is 20.2 Å². The third-order valence-corrected chi connectivity index (χ3v) is 2.87. The van der Waals surface area contributed by atoms with Gasteiger partial charge in [0.1, 0.15) is 18.2 Å². The minimum atomic E-state index is -0.380. The third kappa shape index (κ3) is 2.54. The number of fused-ring (bicyclic) bond motifs is 1. The first kappa shape index (κ1) is 11.8. The van der Waals surface area contributed by atoms with E-state index in [2.05, 4.69) is 15.3 Å². The van der Waals surface area contributed by atoms with Crippen LogP contribution in [0.5, 0.6) is 0 Å². The Morgan fingerprint density at radius 2 is 2.35 bits per heavy atom. The SMILES string of the molecule is CCOC(=O)C(C)Nc1ncnc2c1CCC2. The lowest BCUT2D eigenvalue weighted by Gasteiger charge is -2.15. The molecule has 0 saturated heterocycles. The Balaban J connectivity index is 2.09. The molecule has 17 heavy (non-hydrogen) atoms. The standard InChI is InChI=1S/C12H17N3O2/c1-3-17-12(16)8(2)15-11-9-5-4-6-10(9)13-7-14-11/h7-8H,3-6H2,1-2H3,(H,13,14,15). The van der Waals surface area contributed by atoms with Crippen molar-refractivity contribution in [1.82, 2.24) is 9.97 Å². The number of carbonyl (C=O) groups is 1. The smallest absolute Gasteiger partial charge is 0.328 e. The molecule has 92 valence electrons. The van der Waals surface area contributed by atoms with Gasteiger partial charge in [0.15, 0.2) is 0 Å². The fraction of sp³-hybridized carbons (Fsp3) is 0.583. The van der Waals surface area contributed by atoms with Gasteiger partial charge in [-0.25, -0.2) is 14.8 Å². The first-order valence-electron chi connectivity index (χ1n) is 5.98. The van der Waals surface area contributed by atoms with E-state index in [9.17, 15) is 4.79 Å². The van der Waals surface area contributed by atoms with Crippen LogP contribution in [0, 0.1) is 0 Å². The molecule has 0 saturated carbocycles. The van der Waals surface area contributed by atoms with Crippen LogP contribution in [0.25, 0.3) is 0 Å². The molecule has 1 aliphatic carbocycles. The number of hydrogen-bond donors (Lipinski definition) is 1. The van der Waals surface area contributed by atoms with E-state index >= 15 is 0 Å². The maximum absolute atomic E-state index is 11.5. The molecule has 5 heteroatoms. The molecule has 0 aliphatic heterocycles. The molecule has 1 heterocycles. The summed E-state index contributed by atoms with van der Waals surface area (Å²) in [5.74, 6) is 0.519. The van der Waals surface area contributed by atoms with Crippen LogP contribution in [0.4, 0.5) is 5.82 Å². The largest absolute Gasteiger partial charge is 0.464 e. The monoisotopic (exact) mass is 235 g/mol. The second-order valence-corrected chi connectivity index (χ2v) is 4.12. The maximum Gasteiger partial charge on any atom is 0.328 e. The second kappa shape index (κ2) is 5.12. The molecule has 1 N–H and O–H groups in total. The number of anilines is 1. The van der Waals surface area contributed by atoms with Gasteiger partial charge in [-0.05, 0) is 33.1 Å². The molecular formula is C12H17N3O2. The average molecular weight is 235 g/mol. The van der Waals surface area contributed by atoms with Crippen LogP contribution < -0.4 is 5.32 Å². The van der Waals surface area contributed by atoms with Gasteiger partial charge >= 0.3 is 5.97 Å². The van der Waals surface area contributed by atoms with Crippen molar-refractivity contribution in [2.75, 3.05) is 11.9 Å². The predicted molar refractivity (Wildman–Crippen MR) is 63.8 cm³/mol. The summed E-state index contributed by atoms with van der Waals surface area (Å²) < 4.78 is 4.95. The number of nitrogens with one attached hydrogen (secondary N) is 1. The predicted octanol–water partition coefficient (Wildman–Crippen LogP) is 1.33. The Morgan fingerprint density at radius 1 is 1.53 bits per heavy atom. The van der Waals surface area contributed by atoms with Gasteiger partial charge in [0.25, 0.3) is 0 Å². The number of carbonyl (C=O) groups excluding carboxylic acids is 1. The van der Waals surface area contributed by atoms with Crippen LogP contribution in [-0.2, 0) is 22.4 Å². The van der Waals surface area contributed by atoms with Crippen LogP contribution >= 0.6 is 0 Å². The van der Waals surface area contributed by atoms with Crippen molar-refractivity contribution >= 4 is 11.8 Å². The highest BCUT2D eigenvalue weighted by Gasteiger charge is 2.20. The maximum atomic E-state index is 11.5. The topological polar surface area (TPSA) is 64.1 Å². The number of hydrogen-bond acceptors (Lipinski definition) is 5. The molecule has 1 aromatic heterocycles. The minimum absolute atomic E-state index is 0.252. The van der Waals surface area contributed by atoms with Crippen molar-refractivity contribution in [3.05, 3.63) is 17.6 Å². The summed E-state index contributed by atoms with van der Waals surface area (Å²) in [5, 5.41) is 3.10. The molecule has 1 aliphatic rings. The first-order chi connectivity index (χ1) is 8.22. The number of ether oxygens (including phenoxy) is 1. The Labute approximate surface area is 101 Å². The Bertz CT molecular complexity index is 420. The van der Waals surface area contributed by atoms with Crippen molar-refractivity contribution in [1.29, 1.82) is 0 Å². The number of rotatable bonds is 4. The Kier molecular flexibility index (Phi) is 3.56. The normalized spacial score (nSPS) is 15.2. The number of esters is 1. The summed E-state index contributed by atoms with van der Waals surface area (Å²) in [4.78, 5) is 20.0. The lowest BCUT2D eigenvalue weighted by molar-refractivity contribution is -0.143. The van der Waals surface area contributed by atoms with Gasteiger partial charge in [0.05, 0.1) is 6.61 Å². The fourth-order valence-corrected chi connectivity index (χ4v) is 2.02. The molecular weight excluding hydrogens is 218 g/mol. The Morgan fingerprint density at radius 3 is 3.12 bits per heavy atom. The van der Waals surface area contributed by atoms with E-state index in [4.69, 9.17) is 4.74 Å². The highest BCUT2D eigenvalue weighted by atomic mass is 16.5. The molecule has 0 bridgehead atoms. The first-order valence-corrected chi connectivity index (χ1v) is 5.98. The van der Waals surface area contributed by atoms with E-state index < -0.39 is 0 Å². The summed E-state index contributed by atoms with van der Waals surface area (Å²) in [6.45, 7) is 3.97. The summed E-state index contributed by atoms with van der Waals surface area (Å²) in [5.41, 5.74) is 2.24. The van der Waals surface area contributed by atoms with Crippen LogP contribution in [-0.4, -0.2) is 28.6 Å². The summed E-state index contributed by atoms with van der Waals surface area (Å²) in [6, 6.07) is -0.380. The highest BCUT2D eigenvalue weighted by Crippen LogP contribution is 2.25. The zero-order chi connectivity index (χ0) is 12.3. The molecule has 0 aromatic carbocycles. The van der Waals surface area contributed by atoms with Crippen molar-refractivity contribution in [3.8, 4) is 0 Å². The number of nitrogens with zero attached hydrogens (tertiary/aromatic N) is 2. The van der Waals surface area contributed by atoms with E-state index in [0.717, 1.165) is 36.3 Å². The minimum Gasteiger partial charge on any atom is -0.464 e. The molecule has 1 atom stereocenters. The molecule has 0 fully saturated rings. The van der Waals surface area contributed by atoms with Crippen LogP contribution in [0.1, 0.15) is 31.5 Å². The van der Waals surface area contributed by atoms with Crippen molar-refractivity contribution in [2.45, 2.75) is 39.2 Å². The lowest BCUT2D eigenvalue weighted by Crippen LogP contribution is -2.29. The zero-order valence-electron chi connectivity index (χ0n) is 10.2. The zero-order valence-corrected chi connectivity index (χ0v) is 10.2. The van der Waals surface area contributed by atoms with Crippen molar-refractivity contribution < 1.29 is 9.53 Å². The molecule has 0 radical (unpaired) electrons. The van der Waals surface area contributed by atoms with Gasteiger partial charge < -0.3 is 10.1 Å². The molecule has 5 nitrogen and oxygen atoms in total. The lowest BCUT2D eigenvalue weighted by atomic mass is 10.2. The molecule has 0 spiro atoms. The van der Waals surface area contributed by atoms with Crippen molar-refractivity contribution in [2.24, 2.45) is 0 Å². The van der Waals surface area contributed by atoms with E-state index in [-0.39, 0.29) is 12.0 Å². The van der Waals surface area contributed by atoms with E-state index in [1.165, 1.54) is 0 Å². The molecule has 1 aromatic rings. The van der Waals surface area contributed by atoms with E-state index in [0.29, 0.717) is 6.61 Å². The van der Waals surface area contributed by atoms with Gasteiger partial charge in [-0.15, -0.1) is 0 Å². The van der Waals surface area contributed by atoms with Gasteiger partial charge in [0, 0.05) is 11.3 Å². The number of aromatic nitrogens is 2. The summed E-state index contributed by atoms with van der Waals surface area (Å²) in [6.07, 6.45) is 4.63. The van der Waals surface area contributed by atoms with Gasteiger partial charge in [-0.2, -0.15) is 0 Å². The third-order valence-electron chi connectivity index (χ3n) is 2.87. The van der Waals surface area contributed by atoms with Crippen molar-refractivity contribution in [3.63, 3.8) is 0 Å². The molecule has 2 rings (SSSR count). The summed E-state index contributed by atoms with van der Waals surface area (Å²) >= 11 is 0. The highest BCUT2D eigenvalue weighted by molar-refractivity contribution is 5.78. The van der Waals surface area contributed by atoms with Gasteiger partial charge in [-0.3, -0.25) is 0 Å². The Hall–Kier alpha value is -1.65. The van der Waals surface area contributed by atoms with Gasteiger partial charge in [0.2, 0.25) is 0 Å². The summed E-state index contributed by atoms with van der Waals surface area (Å²) in [7, 11) is 0. The average Bonchev–Trinajstić information content (AvgIpc) is 2.78. The molecule has 0 amide bonds. The van der Waals surface area contributed by atoms with E-state index in [1.807, 2.05) is 0 Å². The van der Waals surface area contributed by atoms with Crippen LogP contribution in [0.15, 0.2) is 6.33 Å². The quantitative estimate of drug-likeness (QED) is 0.798. The van der Waals surface area contributed by atoms with Gasteiger partial charge in [-0.1, -0.05) is 0 Å². The van der Waals surface area contributed by atoms with Crippen LogP contribution in [0.3, 0.4) is 0 Å². The molecule has 1 unspecified atom stereocenters. The second-order valence-electron chi connectivity index (χ2n) is 4.12. The van der Waals surface area contributed by atoms with Crippen LogP contribution in [0.2, 0.25) is 0 Å². The fourth-order valence-electron chi connectivity index (χ4n) is 2.02.